The highest BCUT2D eigenvalue weighted by Crippen LogP contribution is 2.07. The molecule has 15 heavy (non-hydrogen) atoms. The maximum atomic E-state index is 5.41. The molecule has 0 aromatic carbocycles. The van der Waals surface area contributed by atoms with Crippen LogP contribution in [0.25, 0.3) is 0 Å². The molecule has 1 saturated heterocycles. The van der Waals surface area contributed by atoms with Gasteiger partial charge in [0.25, 0.3) is 0 Å². The fraction of sp³-hybridized carbons (Fsp3) is 0.778. The topological polar surface area (TPSA) is 82.9 Å². The van der Waals surface area contributed by atoms with E-state index in [9.17, 15) is 0 Å². The van der Waals surface area contributed by atoms with E-state index in [1.165, 1.54) is 32.4 Å². The molecule has 0 saturated carbocycles. The Morgan fingerprint density at radius 3 is 2.80 bits per heavy atom. The van der Waals surface area contributed by atoms with Gasteiger partial charge in [-0.3, -0.25) is 0 Å². The maximum Gasteiger partial charge on any atom is 0.243 e. The van der Waals surface area contributed by atoms with Gasteiger partial charge in [-0.05, 0) is 25.9 Å². The number of rotatable bonds is 4. The standard InChI is InChI=1S/C9H18N6/c10-8-12-9(14-13-8)11-4-7-15-5-2-1-3-6-15/h1-7H2,(H4,10,11,12,13,14). The van der Waals surface area contributed by atoms with Crippen molar-refractivity contribution in [1.82, 2.24) is 20.1 Å². The van der Waals surface area contributed by atoms with Gasteiger partial charge in [0, 0.05) is 13.1 Å². The number of nitrogens with one attached hydrogen (secondary N) is 2. The predicted octanol–water partition coefficient (Wildman–Crippen LogP) is 0.285. The Morgan fingerprint density at radius 2 is 2.13 bits per heavy atom. The van der Waals surface area contributed by atoms with Crippen molar-refractivity contribution < 1.29 is 0 Å². The molecule has 1 aromatic heterocycles. The van der Waals surface area contributed by atoms with Crippen LogP contribution >= 0.6 is 0 Å². The molecule has 0 bridgehead atoms. The largest absolute Gasteiger partial charge is 0.368 e. The molecule has 0 spiro atoms. The van der Waals surface area contributed by atoms with Crippen molar-refractivity contribution in [2.45, 2.75) is 19.3 Å². The van der Waals surface area contributed by atoms with Crippen molar-refractivity contribution in [3.05, 3.63) is 0 Å². The van der Waals surface area contributed by atoms with E-state index in [1.54, 1.807) is 0 Å². The highest BCUT2D eigenvalue weighted by Gasteiger charge is 2.09. The molecular weight excluding hydrogens is 192 g/mol. The normalized spacial score (nSPS) is 17.9. The van der Waals surface area contributed by atoms with Gasteiger partial charge in [-0.15, -0.1) is 5.10 Å². The number of anilines is 2. The summed E-state index contributed by atoms with van der Waals surface area (Å²) in [6, 6.07) is 0. The molecule has 84 valence electrons. The van der Waals surface area contributed by atoms with Crippen LogP contribution in [-0.2, 0) is 0 Å². The molecule has 0 atom stereocenters. The molecule has 2 rings (SSSR count). The first kappa shape index (κ1) is 10.2. The lowest BCUT2D eigenvalue weighted by Gasteiger charge is -2.26. The molecule has 0 radical (unpaired) electrons. The third-order valence-electron chi connectivity index (χ3n) is 2.66. The smallest absolute Gasteiger partial charge is 0.243 e. The van der Waals surface area contributed by atoms with Crippen molar-refractivity contribution in [1.29, 1.82) is 0 Å². The maximum absolute atomic E-state index is 5.41. The van der Waals surface area contributed by atoms with Crippen LogP contribution in [0.15, 0.2) is 0 Å². The molecule has 0 amide bonds. The fourth-order valence-corrected chi connectivity index (χ4v) is 1.86. The first-order valence-electron chi connectivity index (χ1n) is 5.49. The van der Waals surface area contributed by atoms with E-state index in [1.807, 2.05) is 0 Å². The summed E-state index contributed by atoms with van der Waals surface area (Å²) in [6.45, 7) is 4.36. The number of piperidine rings is 1. The van der Waals surface area contributed by atoms with E-state index in [0.717, 1.165) is 13.1 Å². The summed E-state index contributed by atoms with van der Waals surface area (Å²) in [5.74, 6) is 0.944. The molecule has 4 N–H and O–H groups in total. The van der Waals surface area contributed by atoms with Gasteiger partial charge in [0.15, 0.2) is 0 Å². The van der Waals surface area contributed by atoms with Crippen LogP contribution < -0.4 is 11.1 Å². The average Bonchev–Trinajstić information content (AvgIpc) is 2.66. The van der Waals surface area contributed by atoms with Crippen molar-refractivity contribution in [3.8, 4) is 0 Å². The number of nitrogen functional groups attached to an aromatic ring is 1. The minimum absolute atomic E-state index is 0.357. The number of likely N-dealkylation sites (tertiary alicyclic amines) is 1. The van der Waals surface area contributed by atoms with Crippen LogP contribution in [0, 0.1) is 0 Å². The van der Waals surface area contributed by atoms with Gasteiger partial charge in [-0.1, -0.05) is 6.42 Å². The van der Waals surface area contributed by atoms with Crippen LogP contribution in [0.4, 0.5) is 11.9 Å². The molecule has 2 heterocycles. The average molecular weight is 210 g/mol. The van der Waals surface area contributed by atoms with E-state index < -0.39 is 0 Å². The van der Waals surface area contributed by atoms with Crippen LogP contribution in [0.5, 0.6) is 0 Å². The summed E-state index contributed by atoms with van der Waals surface area (Å²) < 4.78 is 0. The minimum Gasteiger partial charge on any atom is -0.368 e. The molecule has 1 aliphatic heterocycles. The van der Waals surface area contributed by atoms with E-state index in [2.05, 4.69) is 25.4 Å². The van der Waals surface area contributed by atoms with Gasteiger partial charge < -0.3 is 16.0 Å². The number of hydrogen-bond acceptors (Lipinski definition) is 5. The Bertz CT molecular complexity index is 291. The zero-order valence-electron chi connectivity index (χ0n) is 8.87. The Hall–Kier alpha value is -1.30. The number of aromatic amines is 1. The number of aromatic nitrogens is 3. The Kier molecular flexibility index (Phi) is 3.39. The monoisotopic (exact) mass is 210 g/mol. The molecule has 0 unspecified atom stereocenters. The first-order valence-corrected chi connectivity index (χ1v) is 5.49. The summed E-state index contributed by atoms with van der Waals surface area (Å²) in [6.07, 6.45) is 4.03. The molecule has 0 aliphatic carbocycles. The number of H-pyrrole nitrogens is 1. The first-order chi connectivity index (χ1) is 7.34. The molecule has 1 fully saturated rings. The third-order valence-corrected chi connectivity index (χ3v) is 2.66. The predicted molar refractivity (Wildman–Crippen MR) is 59.6 cm³/mol. The zero-order valence-corrected chi connectivity index (χ0v) is 8.87. The van der Waals surface area contributed by atoms with Gasteiger partial charge in [0.05, 0.1) is 0 Å². The van der Waals surface area contributed by atoms with Crippen LogP contribution in [0.1, 0.15) is 19.3 Å². The Balaban J connectivity index is 1.65. The number of nitrogens with zero attached hydrogens (tertiary/aromatic N) is 3. The molecule has 6 heteroatoms. The van der Waals surface area contributed by atoms with E-state index in [0.29, 0.717) is 11.9 Å². The quantitative estimate of drug-likeness (QED) is 0.665. The Labute approximate surface area is 89.2 Å². The van der Waals surface area contributed by atoms with E-state index in [-0.39, 0.29) is 0 Å². The third kappa shape index (κ3) is 3.09. The highest BCUT2D eigenvalue weighted by molar-refractivity contribution is 5.29. The molecular formula is C9H18N6. The lowest BCUT2D eigenvalue weighted by Crippen LogP contribution is -2.33. The van der Waals surface area contributed by atoms with Gasteiger partial charge in [-0.25, -0.2) is 5.10 Å². The van der Waals surface area contributed by atoms with Crippen molar-refractivity contribution >= 4 is 11.9 Å². The van der Waals surface area contributed by atoms with Crippen LogP contribution in [0.2, 0.25) is 0 Å². The van der Waals surface area contributed by atoms with Crippen molar-refractivity contribution in [3.63, 3.8) is 0 Å². The lowest BCUT2D eigenvalue weighted by molar-refractivity contribution is 0.237. The SMILES string of the molecule is Nc1nc(NCCN2CCCCC2)n[nH]1. The minimum atomic E-state index is 0.357. The number of nitrogens with two attached hydrogens (primary N) is 1. The highest BCUT2D eigenvalue weighted by atomic mass is 15.3. The fourth-order valence-electron chi connectivity index (χ4n) is 1.86. The zero-order chi connectivity index (χ0) is 10.5. The van der Waals surface area contributed by atoms with Crippen LogP contribution in [-0.4, -0.2) is 46.3 Å². The summed E-state index contributed by atoms with van der Waals surface area (Å²) in [5.41, 5.74) is 5.41. The van der Waals surface area contributed by atoms with Gasteiger partial charge in [0.1, 0.15) is 0 Å². The van der Waals surface area contributed by atoms with Crippen molar-refractivity contribution in [2.24, 2.45) is 0 Å². The second-order valence-corrected chi connectivity index (χ2v) is 3.87. The summed E-state index contributed by atoms with van der Waals surface area (Å²) >= 11 is 0. The second kappa shape index (κ2) is 4.97. The van der Waals surface area contributed by atoms with Crippen LogP contribution in [0.3, 0.4) is 0 Å². The van der Waals surface area contributed by atoms with Gasteiger partial charge >= 0.3 is 0 Å². The second-order valence-electron chi connectivity index (χ2n) is 3.87. The van der Waals surface area contributed by atoms with Crippen molar-refractivity contribution in [2.75, 3.05) is 37.2 Å². The van der Waals surface area contributed by atoms with E-state index >= 15 is 0 Å². The lowest BCUT2D eigenvalue weighted by atomic mass is 10.1. The van der Waals surface area contributed by atoms with Gasteiger partial charge in [-0.2, -0.15) is 4.98 Å². The van der Waals surface area contributed by atoms with Gasteiger partial charge in [0.2, 0.25) is 11.9 Å². The Morgan fingerprint density at radius 1 is 1.33 bits per heavy atom. The summed E-state index contributed by atoms with van der Waals surface area (Å²) in [4.78, 5) is 6.44. The summed E-state index contributed by atoms with van der Waals surface area (Å²) in [5, 5.41) is 9.64. The van der Waals surface area contributed by atoms with E-state index in [4.69, 9.17) is 5.73 Å². The molecule has 1 aliphatic rings. The number of hydrogen-bond donors (Lipinski definition) is 3. The molecule has 1 aromatic rings. The summed E-state index contributed by atoms with van der Waals surface area (Å²) in [7, 11) is 0. The molecule has 6 nitrogen and oxygen atoms in total.